The van der Waals surface area contributed by atoms with Gasteiger partial charge in [0.25, 0.3) is 34.4 Å². The van der Waals surface area contributed by atoms with Crippen molar-refractivity contribution >= 4 is 23.8 Å². The lowest BCUT2D eigenvalue weighted by atomic mass is 10.1. The molecule has 72 heavy (non-hydrogen) atoms. The van der Waals surface area contributed by atoms with Gasteiger partial charge in [0.15, 0.2) is 17.2 Å². The van der Waals surface area contributed by atoms with Gasteiger partial charge in [0, 0.05) is 85.0 Å². The van der Waals surface area contributed by atoms with Gasteiger partial charge in [-0.05, 0) is 54.2 Å². The highest BCUT2D eigenvalue weighted by molar-refractivity contribution is 5.98. The Morgan fingerprint density at radius 1 is 0.514 bits per heavy atom. The smallest absolute Gasteiger partial charge is 0.404 e. The van der Waals surface area contributed by atoms with Crippen LogP contribution in [0, 0.1) is 0 Å². The van der Waals surface area contributed by atoms with Crippen LogP contribution in [-0.4, -0.2) is 92.8 Å². The molecule has 0 aliphatic rings. The molecule has 4 amide bonds. The van der Waals surface area contributed by atoms with E-state index >= 15 is 0 Å². The number of pyridine rings is 3. The molecule has 0 aliphatic heterocycles. The summed E-state index contributed by atoms with van der Waals surface area (Å²) in [4.78, 5) is 94.9. The molecule has 0 spiro atoms. The summed E-state index contributed by atoms with van der Waals surface area (Å²) in [5.41, 5.74) is 0.953. The topological polar surface area (TPSA) is 234 Å². The molecular formula is C53H60N8O11. The number of nitrogens with one attached hydrogen (secondary N) is 4. The van der Waals surface area contributed by atoms with Crippen molar-refractivity contribution in [2.75, 3.05) is 39.3 Å². The van der Waals surface area contributed by atoms with Crippen molar-refractivity contribution < 1.29 is 38.5 Å². The van der Waals surface area contributed by atoms with Gasteiger partial charge >= 0.3 is 6.09 Å². The highest BCUT2D eigenvalue weighted by Crippen LogP contribution is 2.19. The molecule has 1 unspecified atom stereocenters. The molecule has 0 saturated carbocycles. The van der Waals surface area contributed by atoms with Gasteiger partial charge in [-0.1, -0.05) is 91.0 Å². The van der Waals surface area contributed by atoms with Crippen molar-refractivity contribution in [3.63, 3.8) is 0 Å². The molecule has 0 bridgehead atoms. The van der Waals surface area contributed by atoms with Crippen LogP contribution < -0.4 is 52.2 Å². The molecule has 0 fully saturated rings. The second-order valence-electron chi connectivity index (χ2n) is 17.0. The maximum absolute atomic E-state index is 14.2. The minimum absolute atomic E-state index is 0.0104. The molecule has 378 valence electrons. The van der Waals surface area contributed by atoms with Crippen LogP contribution in [-0.2, 0) is 41.0 Å². The highest BCUT2D eigenvalue weighted by Gasteiger charge is 2.24. The third kappa shape index (κ3) is 15.3. The number of nitrogens with zero attached hydrogens (tertiary/aromatic N) is 4. The zero-order valence-electron chi connectivity index (χ0n) is 40.5. The lowest BCUT2D eigenvalue weighted by Crippen LogP contribution is -2.48. The third-order valence-electron chi connectivity index (χ3n) is 11.6. The van der Waals surface area contributed by atoms with Crippen molar-refractivity contribution in [1.29, 1.82) is 0 Å². The van der Waals surface area contributed by atoms with E-state index in [1.54, 1.807) is 21.1 Å². The van der Waals surface area contributed by atoms with Crippen molar-refractivity contribution in [3.05, 3.63) is 192 Å². The first kappa shape index (κ1) is 52.9. The molecule has 3 heterocycles. The standard InChI is InChI=1S/C53H60N8O11/c1-58-28-22-41(44(50(58)65)70-34-37-15-7-4-8-16-37)47(62)54-26-31-61(32-27-55-48(63)42-23-29-59(2)51(66)45(42)71-35-38-17-9-5-10-18-38)33-40(21-13-14-25-56-53(68)69)57-49(64)43-24-30-60(3)52(67)46(43)72-36-39-19-11-6-12-20-39/h4-12,15-20,22-24,28-30,40,56H,13-14,21,25-27,31-36H2,1-3H3,(H,54,62)(H,55,63)(H,57,64)(H,68,69). The van der Waals surface area contributed by atoms with Crippen molar-refractivity contribution in [1.82, 2.24) is 39.9 Å². The minimum Gasteiger partial charge on any atom is -0.482 e. The number of hydrogen-bond donors (Lipinski definition) is 5. The Kier molecular flexibility index (Phi) is 19.5. The summed E-state index contributed by atoms with van der Waals surface area (Å²) in [7, 11) is 4.66. The van der Waals surface area contributed by atoms with E-state index in [1.165, 1.54) is 50.5 Å². The molecule has 1 atom stereocenters. The number of carbonyl (C=O) groups excluding carboxylic acids is 3. The van der Waals surface area contributed by atoms with Crippen molar-refractivity contribution in [2.24, 2.45) is 21.1 Å². The molecule has 0 saturated heterocycles. The van der Waals surface area contributed by atoms with Crippen LogP contribution in [0.1, 0.15) is 67.0 Å². The lowest BCUT2D eigenvalue weighted by molar-refractivity contribution is 0.0915. The van der Waals surface area contributed by atoms with Crippen LogP contribution in [0.2, 0.25) is 0 Å². The van der Waals surface area contributed by atoms with Gasteiger partial charge in [0.2, 0.25) is 0 Å². The molecular weight excluding hydrogens is 925 g/mol. The average Bonchev–Trinajstić information content (AvgIpc) is 3.38. The molecule has 0 aliphatic carbocycles. The lowest BCUT2D eigenvalue weighted by Gasteiger charge is -2.29. The van der Waals surface area contributed by atoms with Crippen LogP contribution in [0.25, 0.3) is 0 Å². The van der Waals surface area contributed by atoms with E-state index in [1.807, 2.05) is 95.9 Å². The minimum atomic E-state index is -1.17. The first-order chi connectivity index (χ1) is 34.8. The molecule has 19 nitrogen and oxygen atoms in total. The Morgan fingerprint density at radius 2 is 0.889 bits per heavy atom. The first-order valence-corrected chi connectivity index (χ1v) is 23.4. The quantitative estimate of drug-likeness (QED) is 0.0481. The van der Waals surface area contributed by atoms with Gasteiger partial charge in [-0.2, -0.15) is 0 Å². The van der Waals surface area contributed by atoms with E-state index in [0.717, 1.165) is 16.7 Å². The summed E-state index contributed by atoms with van der Waals surface area (Å²) in [5.74, 6) is -2.10. The summed E-state index contributed by atoms with van der Waals surface area (Å²) in [6, 6.07) is 31.5. The molecule has 0 radical (unpaired) electrons. The molecule has 5 N–H and O–H groups in total. The predicted octanol–water partition coefficient (Wildman–Crippen LogP) is 4.22. The van der Waals surface area contributed by atoms with Gasteiger partial charge in [-0.25, -0.2) is 4.79 Å². The van der Waals surface area contributed by atoms with Gasteiger partial charge in [0.05, 0.1) is 16.7 Å². The summed E-state index contributed by atoms with van der Waals surface area (Å²) in [6.07, 6.45) is 4.53. The van der Waals surface area contributed by atoms with Crippen LogP contribution in [0.4, 0.5) is 4.79 Å². The second kappa shape index (κ2) is 26.5. The zero-order chi connectivity index (χ0) is 51.4. The summed E-state index contributed by atoms with van der Waals surface area (Å²) in [5, 5.41) is 20.4. The number of benzene rings is 3. The monoisotopic (exact) mass is 984 g/mol. The van der Waals surface area contributed by atoms with Crippen LogP contribution in [0.15, 0.2) is 142 Å². The maximum atomic E-state index is 14.2. The van der Waals surface area contributed by atoms with E-state index in [2.05, 4.69) is 21.3 Å². The predicted molar refractivity (Wildman–Crippen MR) is 270 cm³/mol. The van der Waals surface area contributed by atoms with Crippen LogP contribution in [0.3, 0.4) is 0 Å². The molecule has 6 rings (SSSR count). The number of amides is 4. The van der Waals surface area contributed by atoms with Crippen molar-refractivity contribution in [3.8, 4) is 17.2 Å². The number of carbonyl (C=O) groups is 4. The van der Waals surface area contributed by atoms with E-state index in [0.29, 0.717) is 19.3 Å². The largest absolute Gasteiger partial charge is 0.482 e. The fourth-order valence-corrected chi connectivity index (χ4v) is 7.59. The van der Waals surface area contributed by atoms with Crippen LogP contribution >= 0.6 is 0 Å². The van der Waals surface area contributed by atoms with E-state index in [-0.39, 0.29) is 93.0 Å². The maximum Gasteiger partial charge on any atom is 0.404 e. The zero-order valence-corrected chi connectivity index (χ0v) is 40.5. The van der Waals surface area contributed by atoms with Gasteiger partial charge < -0.3 is 54.3 Å². The Morgan fingerprint density at radius 3 is 1.26 bits per heavy atom. The Labute approximate surface area is 416 Å². The van der Waals surface area contributed by atoms with Crippen LogP contribution in [0.5, 0.6) is 17.2 Å². The van der Waals surface area contributed by atoms with E-state index < -0.39 is 46.5 Å². The SMILES string of the molecule is Cn1ccc(C(=O)NCCN(CCNC(=O)c2ccn(C)c(=O)c2OCc2ccccc2)CC(CCCCNC(=O)O)NC(=O)c2ccn(C)c(=O)c2OCc2ccccc2)c(OCc2ccccc2)c1=O. The highest BCUT2D eigenvalue weighted by atomic mass is 16.5. The Balaban J connectivity index is 1.23. The van der Waals surface area contributed by atoms with Gasteiger partial charge in [0.1, 0.15) is 19.8 Å². The molecule has 6 aromatic rings. The van der Waals surface area contributed by atoms with E-state index in [9.17, 15) is 33.6 Å². The number of rotatable bonds is 26. The summed E-state index contributed by atoms with van der Waals surface area (Å²) < 4.78 is 21.8. The summed E-state index contributed by atoms with van der Waals surface area (Å²) >= 11 is 0. The van der Waals surface area contributed by atoms with Gasteiger partial charge in [-0.3, -0.25) is 33.7 Å². The number of aromatic nitrogens is 3. The fourth-order valence-electron chi connectivity index (χ4n) is 7.59. The third-order valence-corrected chi connectivity index (χ3v) is 11.6. The number of hydrogen-bond acceptors (Lipinski definition) is 11. The number of aryl methyl sites for hydroxylation is 3. The number of ether oxygens (including phenoxy) is 3. The second-order valence-corrected chi connectivity index (χ2v) is 17.0. The fraction of sp³-hybridized carbons (Fsp3) is 0.302. The first-order valence-electron chi connectivity index (χ1n) is 23.4. The van der Waals surface area contributed by atoms with E-state index in [4.69, 9.17) is 19.3 Å². The normalized spacial score (nSPS) is 11.3. The van der Waals surface area contributed by atoms with Gasteiger partial charge in [-0.15, -0.1) is 0 Å². The molecule has 19 heteroatoms. The summed E-state index contributed by atoms with van der Waals surface area (Å²) in [6.45, 7) is 0.895. The molecule has 3 aromatic heterocycles. The number of unbranched alkanes of at least 4 members (excludes halogenated alkanes) is 1. The number of carboxylic acid groups (broad SMARTS) is 1. The Hall–Kier alpha value is -8.45. The Bertz CT molecular complexity index is 2840. The average molecular weight is 985 g/mol. The van der Waals surface area contributed by atoms with Crippen molar-refractivity contribution in [2.45, 2.75) is 45.1 Å². The molecule has 3 aromatic carbocycles.